The smallest absolute Gasteiger partial charge is 0.186 e. The number of para-hydroxylation sites is 1. The highest BCUT2D eigenvalue weighted by Gasteiger charge is 2.39. The molecule has 1 aliphatic heterocycles. The average molecular weight is 422 g/mol. The lowest BCUT2D eigenvalue weighted by Crippen LogP contribution is -2.11. The van der Waals surface area contributed by atoms with Crippen LogP contribution in [-0.2, 0) is 17.8 Å². The molecule has 0 aliphatic carbocycles. The molecule has 3 aromatic rings. The normalized spacial score (nSPS) is 17.8. The first-order valence-corrected chi connectivity index (χ1v) is 10.9. The molecule has 1 N–H and O–H groups in total. The van der Waals surface area contributed by atoms with Gasteiger partial charge in [0.15, 0.2) is 5.78 Å². The number of aromatic nitrogens is 2. The minimum Gasteiger partial charge on any atom is -0.488 e. The van der Waals surface area contributed by atoms with E-state index in [-0.39, 0.29) is 5.78 Å². The maximum atomic E-state index is 13.0. The van der Waals surface area contributed by atoms with Crippen molar-refractivity contribution in [3.8, 4) is 5.75 Å². The Morgan fingerprint density at radius 1 is 1.10 bits per heavy atom. The summed E-state index contributed by atoms with van der Waals surface area (Å²) in [6.07, 6.45) is 2.58. The summed E-state index contributed by atoms with van der Waals surface area (Å²) in [6.45, 7) is 2.45. The van der Waals surface area contributed by atoms with Crippen molar-refractivity contribution in [2.75, 3.05) is 0 Å². The van der Waals surface area contributed by atoms with Crippen LogP contribution in [0.4, 0.5) is 0 Å². The molecule has 0 bridgehead atoms. The van der Waals surface area contributed by atoms with E-state index in [2.05, 4.69) is 10.2 Å². The molecule has 0 saturated carbocycles. The number of aryl methyl sites for hydroxylation is 1. The number of thioether (sulfide) groups is 1. The topological polar surface area (TPSA) is 75.9 Å². The molecule has 2 heterocycles. The highest BCUT2D eigenvalue weighted by atomic mass is 32.2. The van der Waals surface area contributed by atoms with Gasteiger partial charge in [-0.05, 0) is 24.1 Å². The minimum atomic E-state index is -0.638. The number of rotatable bonds is 6. The molecule has 1 fully saturated rings. The summed E-state index contributed by atoms with van der Waals surface area (Å²) in [5.41, 5.74) is 1.89. The number of nitrogens with one attached hydrogen (secondary N) is 1. The van der Waals surface area contributed by atoms with Crippen molar-refractivity contribution in [3.63, 3.8) is 0 Å². The number of benzene rings is 2. The first kappa shape index (κ1) is 19.5. The van der Waals surface area contributed by atoms with Gasteiger partial charge in [0.1, 0.15) is 28.3 Å². The summed E-state index contributed by atoms with van der Waals surface area (Å²) < 4.78 is 5.99. The summed E-state index contributed by atoms with van der Waals surface area (Å²) in [4.78, 5) is 13.5. The van der Waals surface area contributed by atoms with Crippen LogP contribution in [0.1, 0.15) is 34.0 Å². The fourth-order valence-electron chi connectivity index (χ4n) is 2.95. The minimum absolute atomic E-state index is 0.100. The highest BCUT2D eigenvalue weighted by molar-refractivity contribution is 8.19. The van der Waals surface area contributed by atoms with Crippen molar-refractivity contribution in [2.24, 2.45) is 0 Å². The zero-order valence-corrected chi connectivity index (χ0v) is 17.4. The molecule has 1 aromatic heterocycles. The largest absolute Gasteiger partial charge is 0.488 e. The standard InChI is InChI=1S/C22H19N3O2S2/c1-2-18-24-25-22(29-18)19-20(26)17(28-21(19)23)12-15-10-6-7-11-16(15)27-13-14-8-4-3-5-9-14/h3-12,19,23H,2,13H2,1H3/b17-12-,23-21?/t19-/m0/s1. The van der Waals surface area contributed by atoms with Crippen molar-refractivity contribution in [2.45, 2.75) is 25.9 Å². The van der Waals surface area contributed by atoms with Gasteiger partial charge in [-0.3, -0.25) is 10.2 Å². The van der Waals surface area contributed by atoms with Crippen molar-refractivity contribution in [1.29, 1.82) is 5.41 Å². The molecule has 0 unspecified atom stereocenters. The number of carbonyl (C=O) groups excluding carboxylic acids is 1. The van der Waals surface area contributed by atoms with E-state index in [4.69, 9.17) is 10.1 Å². The van der Waals surface area contributed by atoms with E-state index in [0.29, 0.717) is 27.3 Å². The van der Waals surface area contributed by atoms with Crippen LogP contribution in [0.25, 0.3) is 6.08 Å². The van der Waals surface area contributed by atoms with Gasteiger partial charge in [-0.25, -0.2) is 0 Å². The van der Waals surface area contributed by atoms with Gasteiger partial charge in [0.2, 0.25) is 0 Å². The van der Waals surface area contributed by atoms with Gasteiger partial charge in [-0.15, -0.1) is 21.5 Å². The van der Waals surface area contributed by atoms with Crippen molar-refractivity contribution >= 4 is 40.0 Å². The molecule has 1 atom stereocenters. The number of nitrogens with zero attached hydrogens (tertiary/aromatic N) is 2. The lowest BCUT2D eigenvalue weighted by Gasteiger charge is -2.09. The van der Waals surface area contributed by atoms with E-state index in [0.717, 1.165) is 22.6 Å². The lowest BCUT2D eigenvalue weighted by molar-refractivity contribution is -0.114. The summed E-state index contributed by atoms with van der Waals surface area (Å²) in [5, 5.41) is 18.3. The molecule has 146 valence electrons. The quantitative estimate of drug-likeness (QED) is 0.561. The van der Waals surface area contributed by atoms with Gasteiger partial charge >= 0.3 is 0 Å². The Labute approximate surface area is 177 Å². The Bertz CT molecular complexity index is 1080. The SMILES string of the molecule is CCc1nnc([C@@H]2C(=N)S/C(=C\c3ccccc3OCc3ccccc3)C2=O)s1. The van der Waals surface area contributed by atoms with Gasteiger partial charge in [0, 0.05) is 5.56 Å². The summed E-state index contributed by atoms with van der Waals surface area (Å²) in [5.74, 6) is -0.0328. The third-order valence-corrected chi connectivity index (χ3v) is 6.59. The fraction of sp³-hybridized carbons (Fsp3) is 0.182. The number of ether oxygens (including phenoxy) is 1. The summed E-state index contributed by atoms with van der Waals surface area (Å²) in [7, 11) is 0. The van der Waals surface area contributed by atoms with E-state index in [1.807, 2.05) is 67.6 Å². The molecule has 29 heavy (non-hydrogen) atoms. The predicted molar refractivity (Wildman–Crippen MR) is 118 cm³/mol. The van der Waals surface area contributed by atoms with Crippen molar-refractivity contribution in [3.05, 3.63) is 80.6 Å². The molecule has 7 heteroatoms. The van der Waals surface area contributed by atoms with Crippen LogP contribution >= 0.6 is 23.1 Å². The van der Waals surface area contributed by atoms with Crippen LogP contribution in [0.3, 0.4) is 0 Å². The molecule has 0 spiro atoms. The van der Waals surface area contributed by atoms with Crippen molar-refractivity contribution < 1.29 is 9.53 Å². The zero-order valence-electron chi connectivity index (χ0n) is 15.8. The Hall–Kier alpha value is -2.77. The Kier molecular flexibility index (Phi) is 5.87. The number of Topliss-reactive ketones (excluding diaryl/α,β-unsaturated/α-hetero) is 1. The first-order valence-electron chi connectivity index (χ1n) is 9.26. The molecule has 1 saturated heterocycles. The Morgan fingerprint density at radius 2 is 1.86 bits per heavy atom. The molecule has 0 radical (unpaired) electrons. The fourth-order valence-corrected chi connectivity index (χ4v) is 4.89. The van der Waals surface area contributed by atoms with Crippen LogP contribution in [0.5, 0.6) is 5.75 Å². The number of hydrogen-bond acceptors (Lipinski definition) is 7. The third kappa shape index (κ3) is 4.31. The second-order valence-corrected chi connectivity index (χ2v) is 8.65. The van der Waals surface area contributed by atoms with E-state index in [1.54, 1.807) is 0 Å². The van der Waals surface area contributed by atoms with E-state index >= 15 is 0 Å². The molecule has 0 amide bonds. The van der Waals surface area contributed by atoms with E-state index < -0.39 is 5.92 Å². The predicted octanol–water partition coefficient (Wildman–Crippen LogP) is 5.10. The molecular weight excluding hydrogens is 402 g/mol. The lowest BCUT2D eigenvalue weighted by atomic mass is 10.0. The molecule has 1 aliphatic rings. The number of allylic oxidation sites excluding steroid dienone is 1. The van der Waals surface area contributed by atoms with Crippen LogP contribution in [0.2, 0.25) is 0 Å². The Morgan fingerprint density at radius 3 is 2.62 bits per heavy atom. The average Bonchev–Trinajstić information content (AvgIpc) is 3.32. The number of ketones is 1. The van der Waals surface area contributed by atoms with Gasteiger partial charge in [-0.2, -0.15) is 0 Å². The van der Waals surface area contributed by atoms with Gasteiger partial charge < -0.3 is 4.74 Å². The zero-order chi connectivity index (χ0) is 20.2. The second-order valence-electron chi connectivity index (χ2n) is 6.47. The third-order valence-electron chi connectivity index (χ3n) is 4.46. The molecule has 5 nitrogen and oxygen atoms in total. The summed E-state index contributed by atoms with van der Waals surface area (Å²) in [6, 6.07) is 17.6. The molecular formula is C22H19N3O2S2. The maximum Gasteiger partial charge on any atom is 0.186 e. The van der Waals surface area contributed by atoms with Gasteiger partial charge in [0.05, 0.1) is 9.95 Å². The monoisotopic (exact) mass is 421 g/mol. The number of carbonyl (C=O) groups is 1. The maximum absolute atomic E-state index is 13.0. The highest BCUT2D eigenvalue weighted by Crippen LogP contribution is 2.42. The molecule has 4 rings (SSSR count). The number of hydrogen-bond donors (Lipinski definition) is 1. The van der Waals surface area contributed by atoms with Crippen molar-refractivity contribution in [1.82, 2.24) is 10.2 Å². The first-order chi connectivity index (χ1) is 14.2. The van der Waals surface area contributed by atoms with Crippen LogP contribution in [-0.4, -0.2) is 21.0 Å². The van der Waals surface area contributed by atoms with E-state index in [1.165, 1.54) is 23.1 Å². The van der Waals surface area contributed by atoms with Gasteiger partial charge in [0.25, 0.3) is 0 Å². The van der Waals surface area contributed by atoms with Crippen LogP contribution in [0, 0.1) is 5.41 Å². The van der Waals surface area contributed by atoms with Gasteiger partial charge in [-0.1, -0.05) is 67.2 Å². The molecule has 2 aromatic carbocycles. The van der Waals surface area contributed by atoms with E-state index in [9.17, 15) is 4.79 Å². The van der Waals surface area contributed by atoms with Crippen LogP contribution in [0.15, 0.2) is 59.5 Å². The Balaban J connectivity index is 1.56. The summed E-state index contributed by atoms with van der Waals surface area (Å²) >= 11 is 2.60. The van der Waals surface area contributed by atoms with Crippen LogP contribution < -0.4 is 4.74 Å². The second kappa shape index (κ2) is 8.71.